The van der Waals surface area contributed by atoms with Gasteiger partial charge in [-0.25, -0.2) is 0 Å². The Labute approximate surface area is 223 Å². The van der Waals surface area contributed by atoms with E-state index < -0.39 is 0 Å². The molecule has 3 aromatic carbocycles. The Balaban J connectivity index is 1.37. The number of thiophene rings is 1. The molecule has 8 rings (SSSR count). The van der Waals surface area contributed by atoms with Crippen molar-refractivity contribution in [2.24, 2.45) is 11.8 Å². The maximum atomic E-state index is 2.63. The highest BCUT2D eigenvalue weighted by Crippen LogP contribution is 2.49. The lowest BCUT2D eigenvalue weighted by Crippen LogP contribution is -2.28. The molecule has 182 valence electrons. The van der Waals surface area contributed by atoms with Crippen LogP contribution in [0, 0.1) is 11.8 Å². The summed E-state index contributed by atoms with van der Waals surface area (Å²) in [6.45, 7) is 4.92. The number of benzene rings is 3. The van der Waals surface area contributed by atoms with Crippen LogP contribution in [0.4, 0.5) is 0 Å². The van der Waals surface area contributed by atoms with Crippen LogP contribution >= 0.6 is 11.3 Å². The number of rotatable bonds is 1. The van der Waals surface area contributed by atoms with Gasteiger partial charge in [0.25, 0.3) is 0 Å². The molecule has 0 amide bonds. The molecular weight excluding hydrogens is 464 g/mol. The van der Waals surface area contributed by atoms with Crippen LogP contribution in [-0.2, 0) is 6.42 Å². The fraction of sp³-hybridized carbons (Fsp3) is 0.278. The topological polar surface area (TPSA) is 0 Å². The van der Waals surface area contributed by atoms with Gasteiger partial charge in [-0.3, -0.25) is 0 Å². The largest absolute Gasteiger partial charge is 0.134 e. The second kappa shape index (κ2) is 8.17. The third-order valence-corrected chi connectivity index (χ3v) is 10.8. The van der Waals surface area contributed by atoms with Crippen LogP contribution in [0.5, 0.6) is 0 Å². The van der Waals surface area contributed by atoms with E-state index >= 15 is 0 Å². The van der Waals surface area contributed by atoms with Crippen LogP contribution in [-0.4, -0.2) is 0 Å². The third kappa shape index (κ3) is 3.20. The van der Waals surface area contributed by atoms with Gasteiger partial charge in [-0.05, 0) is 92.8 Å². The van der Waals surface area contributed by atoms with Crippen LogP contribution in [0.3, 0.4) is 0 Å². The average Bonchev–Trinajstić information content (AvgIpc) is 3.32. The van der Waals surface area contributed by atoms with E-state index in [4.69, 9.17) is 0 Å². The molecule has 0 fully saturated rings. The predicted octanol–water partition coefficient (Wildman–Crippen LogP) is 8.39. The summed E-state index contributed by atoms with van der Waals surface area (Å²) in [5.74, 6) is 2.34. The Morgan fingerprint density at radius 3 is 2.70 bits per heavy atom. The van der Waals surface area contributed by atoms with Gasteiger partial charge in [0, 0.05) is 20.5 Å². The van der Waals surface area contributed by atoms with E-state index in [-0.39, 0.29) is 0 Å². The van der Waals surface area contributed by atoms with Gasteiger partial charge in [-0.1, -0.05) is 98.8 Å². The van der Waals surface area contributed by atoms with Gasteiger partial charge in [0.15, 0.2) is 0 Å². The van der Waals surface area contributed by atoms with Gasteiger partial charge in [0.1, 0.15) is 0 Å². The third-order valence-electron chi connectivity index (χ3n) is 9.48. The summed E-state index contributed by atoms with van der Waals surface area (Å²) in [6, 6.07) is 18.5. The second-order valence-electron chi connectivity index (χ2n) is 11.7. The summed E-state index contributed by atoms with van der Waals surface area (Å²) >= 11 is 2.03. The molecule has 4 aromatic rings. The molecule has 0 nitrogen and oxygen atoms in total. The van der Waals surface area contributed by atoms with Gasteiger partial charge >= 0.3 is 0 Å². The van der Waals surface area contributed by atoms with Gasteiger partial charge in [-0.2, -0.15) is 0 Å². The Morgan fingerprint density at radius 1 is 0.865 bits per heavy atom. The van der Waals surface area contributed by atoms with Crippen molar-refractivity contribution in [3.05, 3.63) is 110 Å². The molecule has 0 radical (unpaired) electrons. The van der Waals surface area contributed by atoms with Crippen molar-refractivity contribution >= 4 is 49.9 Å². The summed E-state index contributed by atoms with van der Waals surface area (Å²) in [7, 11) is 0. The molecule has 4 unspecified atom stereocenters. The Kier molecular flexibility index (Phi) is 4.83. The zero-order valence-electron chi connectivity index (χ0n) is 21.6. The van der Waals surface area contributed by atoms with Gasteiger partial charge in [0.05, 0.1) is 0 Å². The smallest absolute Gasteiger partial charge is 0.0433 e. The molecule has 0 bridgehead atoms. The normalized spacial score (nSPS) is 25.8. The quantitative estimate of drug-likeness (QED) is 0.248. The molecule has 37 heavy (non-hydrogen) atoms. The molecule has 0 aliphatic heterocycles. The first-order chi connectivity index (χ1) is 18.2. The zero-order chi connectivity index (χ0) is 24.7. The Morgan fingerprint density at radius 2 is 1.76 bits per heavy atom. The molecule has 1 aromatic heterocycles. The summed E-state index contributed by atoms with van der Waals surface area (Å²) in [4.78, 5) is 0. The van der Waals surface area contributed by atoms with Crippen LogP contribution in [0.15, 0.2) is 78.4 Å². The molecule has 0 spiro atoms. The minimum atomic E-state index is 0.539. The highest BCUT2D eigenvalue weighted by molar-refractivity contribution is 7.18. The minimum Gasteiger partial charge on any atom is -0.134 e. The van der Waals surface area contributed by atoms with E-state index in [2.05, 4.69) is 98.8 Å². The Hall–Kier alpha value is -3.16. The van der Waals surface area contributed by atoms with Crippen LogP contribution in [0.1, 0.15) is 67.2 Å². The SMILES string of the molecule is CC1Cc2ccc3c(c2C=C1C1=c2sc4c(ccc5ccccc54)c2=CCC1)C(C)CC1C=CC=CC31. The first-order valence-electron chi connectivity index (χ1n) is 14.0. The molecule has 4 atom stereocenters. The van der Waals surface area contributed by atoms with Crippen molar-refractivity contribution in [1.29, 1.82) is 0 Å². The molecule has 1 heterocycles. The zero-order valence-corrected chi connectivity index (χ0v) is 22.4. The van der Waals surface area contributed by atoms with Gasteiger partial charge in [0.2, 0.25) is 0 Å². The first kappa shape index (κ1) is 21.9. The highest BCUT2D eigenvalue weighted by atomic mass is 32.1. The van der Waals surface area contributed by atoms with Gasteiger partial charge < -0.3 is 0 Å². The molecule has 0 saturated carbocycles. The molecular formula is C36H32S. The summed E-state index contributed by atoms with van der Waals surface area (Å²) < 4.78 is 2.98. The Bertz CT molecular complexity index is 1820. The van der Waals surface area contributed by atoms with Crippen LogP contribution < -0.4 is 9.75 Å². The van der Waals surface area contributed by atoms with E-state index in [1.54, 1.807) is 33.4 Å². The second-order valence-corrected chi connectivity index (χ2v) is 12.7. The monoisotopic (exact) mass is 496 g/mol. The van der Waals surface area contributed by atoms with E-state index in [1.807, 2.05) is 11.3 Å². The molecule has 4 aliphatic carbocycles. The molecule has 0 N–H and O–H groups in total. The van der Waals surface area contributed by atoms with Crippen molar-refractivity contribution in [3.63, 3.8) is 0 Å². The standard InChI is InChI=1S/C36H32S/c1-21-18-25-15-16-28-26-10-5-4-9-24(26)19-22(2)34(28)33(25)20-32(21)30-13-7-12-29-31-17-14-23-8-3-6-11-27(23)35(31)37-36(29)30/h3-6,8-12,14-17,20-22,24,26H,7,13,18-19H2,1-2H3. The number of allylic oxidation sites excluding steroid dienone is 5. The average molecular weight is 497 g/mol. The van der Waals surface area contributed by atoms with Crippen molar-refractivity contribution < 1.29 is 0 Å². The van der Waals surface area contributed by atoms with E-state index in [0.29, 0.717) is 23.7 Å². The molecule has 0 saturated heterocycles. The van der Waals surface area contributed by atoms with E-state index in [0.717, 1.165) is 19.3 Å². The maximum Gasteiger partial charge on any atom is 0.0433 e. The maximum absolute atomic E-state index is 2.63. The summed E-state index contributed by atoms with van der Waals surface area (Å²) in [5, 5.41) is 5.67. The lowest BCUT2D eigenvalue weighted by molar-refractivity contribution is 0.448. The molecule has 1 heteroatoms. The van der Waals surface area contributed by atoms with E-state index in [1.165, 1.54) is 37.0 Å². The van der Waals surface area contributed by atoms with Crippen LogP contribution in [0.25, 0.3) is 38.6 Å². The van der Waals surface area contributed by atoms with Crippen molar-refractivity contribution in [2.75, 3.05) is 0 Å². The van der Waals surface area contributed by atoms with Gasteiger partial charge in [-0.15, -0.1) is 11.3 Å². The lowest BCUT2D eigenvalue weighted by atomic mass is 9.66. The number of fused-ring (bicyclic) bond motifs is 10. The summed E-state index contributed by atoms with van der Waals surface area (Å²) in [6.07, 6.45) is 19.2. The fourth-order valence-corrected chi connectivity index (χ4v) is 9.20. The summed E-state index contributed by atoms with van der Waals surface area (Å²) in [5.41, 5.74) is 9.52. The van der Waals surface area contributed by atoms with Crippen molar-refractivity contribution in [2.45, 2.75) is 51.4 Å². The number of hydrogen-bond acceptors (Lipinski definition) is 1. The number of hydrogen-bond donors (Lipinski definition) is 0. The van der Waals surface area contributed by atoms with Crippen molar-refractivity contribution in [1.82, 2.24) is 0 Å². The fourth-order valence-electron chi connectivity index (χ4n) is 7.77. The van der Waals surface area contributed by atoms with Crippen molar-refractivity contribution in [3.8, 4) is 0 Å². The van der Waals surface area contributed by atoms with E-state index in [9.17, 15) is 0 Å². The minimum absolute atomic E-state index is 0.539. The predicted molar refractivity (Wildman–Crippen MR) is 161 cm³/mol. The highest BCUT2D eigenvalue weighted by Gasteiger charge is 2.34. The lowest BCUT2D eigenvalue weighted by Gasteiger charge is -2.38. The first-order valence-corrected chi connectivity index (χ1v) is 14.9. The van der Waals surface area contributed by atoms with Crippen LogP contribution in [0.2, 0.25) is 0 Å². The molecule has 4 aliphatic rings.